The van der Waals surface area contributed by atoms with E-state index in [0.717, 1.165) is 6.42 Å². The first kappa shape index (κ1) is 7.59. The molecule has 0 aromatic rings. The number of hydrogen-bond acceptors (Lipinski definition) is 0. The molecule has 0 saturated carbocycles. The van der Waals surface area contributed by atoms with Crippen LogP contribution in [0.4, 0.5) is 0 Å². The molecule has 0 atom stereocenters. The first-order valence-corrected chi connectivity index (χ1v) is 4.26. The fourth-order valence-corrected chi connectivity index (χ4v) is 1.37. The van der Waals surface area contributed by atoms with Gasteiger partial charge >= 0.3 is 0 Å². The standard InChI is InChI=1S/C10H16/c1-2-7-10-8-5-3-4-6-9-10/h3-4,8H,2,5-7,9H2,1H3. The van der Waals surface area contributed by atoms with Gasteiger partial charge in [-0.25, -0.2) is 0 Å². The molecule has 1 aliphatic carbocycles. The van der Waals surface area contributed by atoms with Crippen LogP contribution < -0.4 is 0 Å². The van der Waals surface area contributed by atoms with E-state index in [2.05, 4.69) is 25.2 Å². The third-order valence-electron chi connectivity index (χ3n) is 1.91. The van der Waals surface area contributed by atoms with E-state index in [1.807, 2.05) is 0 Å². The van der Waals surface area contributed by atoms with Crippen LogP contribution in [0, 0.1) is 0 Å². The van der Waals surface area contributed by atoms with Gasteiger partial charge in [0, 0.05) is 0 Å². The average Bonchev–Trinajstić information content (AvgIpc) is 2.17. The maximum absolute atomic E-state index is 2.38. The highest BCUT2D eigenvalue weighted by molar-refractivity contribution is 5.09. The minimum Gasteiger partial charge on any atom is -0.0879 e. The Hall–Kier alpha value is -0.520. The van der Waals surface area contributed by atoms with Gasteiger partial charge in [0.05, 0.1) is 0 Å². The van der Waals surface area contributed by atoms with Crippen molar-refractivity contribution in [2.45, 2.75) is 39.0 Å². The molecular weight excluding hydrogens is 120 g/mol. The molecule has 0 heteroatoms. The van der Waals surface area contributed by atoms with Gasteiger partial charge in [-0.15, -0.1) is 0 Å². The van der Waals surface area contributed by atoms with Gasteiger partial charge in [-0.05, 0) is 25.7 Å². The lowest BCUT2D eigenvalue weighted by Gasteiger charge is -2.00. The summed E-state index contributed by atoms with van der Waals surface area (Å²) in [6.07, 6.45) is 13.3. The van der Waals surface area contributed by atoms with Crippen LogP contribution in [0.5, 0.6) is 0 Å². The molecule has 0 aromatic heterocycles. The monoisotopic (exact) mass is 136 g/mol. The van der Waals surface area contributed by atoms with Crippen molar-refractivity contribution in [1.29, 1.82) is 0 Å². The predicted molar refractivity (Wildman–Crippen MR) is 46.0 cm³/mol. The Labute approximate surface area is 63.6 Å². The lowest BCUT2D eigenvalue weighted by atomic mass is 10.1. The van der Waals surface area contributed by atoms with Crippen molar-refractivity contribution in [3.63, 3.8) is 0 Å². The molecule has 1 aliphatic rings. The van der Waals surface area contributed by atoms with E-state index in [-0.39, 0.29) is 0 Å². The molecule has 10 heavy (non-hydrogen) atoms. The molecule has 0 heterocycles. The Morgan fingerprint density at radius 3 is 3.10 bits per heavy atom. The summed E-state index contributed by atoms with van der Waals surface area (Å²) in [6, 6.07) is 0. The molecule has 0 unspecified atom stereocenters. The molecule has 0 aromatic carbocycles. The van der Waals surface area contributed by atoms with Crippen molar-refractivity contribution in [2.24, 2.45) is 0 Å². The van der Waals surface area contributed by atoms with E-state index in [9.17, 15) is 0 Å². The SMILES string of the molecule is CCCC1=CCC=CCC1. The summed E-state index contributed by atoms with van der Waals surface area (Å²) in [5, 5.41) is 0. The molecule has 0 saturated heterocycles. The molecule has 0 N–H and O–H groups in total. The van der Waals surface area contributed by atoms with E-state index >= 15 is 0 Å². The molecule has 0 radical (unpaired) electrons. The molecule has 0 bridgehead atoms. The van der Waals surface area contributed by atoms with Gasteiger partial charge in [0.2, 0.25) is 0 Å². The van der Waals surface area contributed by atoms with Crippen LogP contribution in [0.2, 0.25) is 0 Å². The van der Waals surface area contributed by atoms with Gasteiger partial charge in [0.25, 0.3) is 0 Å². The molecular formula is C10H16. The van der Waals surface area contributed by atoms with Crippen molar-refractivity contribution >= 4 is 0 Å². The summed E-state index contributed by atoms with van der Waals surface area (Å²) in [4.78, 5) is 0. The number of allylic oxidation sites excluding steroid dienone is 4. The minimum atomic E-state index is 1.16. The Morgan fingerprint density at radius 1 is 1.40 bits per heavy atom. The van der Waals surface area contributed by atoms with Gasteiger partial charge in [-0.3, -0.25) is 0 Å². The Kier molecular flexibility index (Phi) is 3.28. The van der Waals surface area contributed by atoms with Crippen LogP contribution in [0.15, 0.2) is 23.8 Å². The van der Waals surface area contributed by atoms with E-state index in [1.54, 1.807) is 5.57 Å². The summed E-state index contributed by atoms with van der Waals surface area (Å²) in [7, 11) is 0. The van der Waals surface area contributed by atoms with Crippen molar-refractivity contribution in [2.75, 3.05) is 0 Å². The summed E-state index contributed by atoms with van der Waals surface area (Å²) >= 11 is 0. The molecule has 0 fully saturated rings. The topological polar surface area (TPSA) is 0 Å². The van der Waals surface area contributed by atoms with Gasteiger partial charge in [0.15, 0.2) is 0 Å². The fourth-order valence-electron chi connectivity index (χ4n) is 1.37. The fraction of sp³-hybridized carbons (Fsp3) is 0.600. The molecule has 0 nitrogen and oxygen atoms in total. The third kappa shape index (κ3) is 2.38. The summed E-state index contributed by atoms with van der Waals surface area (Å²) < 4.78 is 0. The molecule has 56 valence electrons. The second-order valence-corrected chi connectivity index (χ2v) is 2.86. The van der Waals surface area contributed by atoms with Crippen molar-refractivity contribution < 1.29 is 0 Å². The summed E-state index contributed by atoms with van der Waals surface area (Å²) in [5.41, 5.74) is 1.66. The van der Waals surface area contributed by atoms with Crippen LogP contribution in [0.1, 0.15) is 39.0 Å². The summed E-state index contributed by atoms with van der Waals surface area (Å²) in [5.74, 6) is 0. The molecule has 1 rings (SSSR count). The Bertz CT molecular complexity index is 140. The highest BCUT2D eigenvalue weighted by Crippen LogP contribution is 2.16. The van der Waals surface area contributed by atoms with Crippen LogP contribution in [0.25, 0.3) is 0 Å². The van der Waals surface area contributed by atoms with Crippen LogP contribution >= 0.6 is 0 Å². The van der Waals surface area contributed by atoms with E-state index in [0.29, 0.717) is 0 Å². The highest BCUT2D eigenvalue weighted by atomic mass is 14.0. The number of rotatable bonds is 2. The van der Waals surface area contributed by atoms with Gasteiger partial charge in [0.1, 0.15) is 0 Å². The van der Waals surface area contributed by atoms with Crippen molar-refractivity contribution in [3.05, 3.63) is 23.8 Å². The Balaban J connectivity index is 2.37. The minimum absolute atomic E-state index is 1.16. The van der Waals surface area contributed by atoms with Crippen molar-refractivity contribution in [3.8, 4) is 0 Å². The molecule has 0 spiro atoms. The largest absolute Gasteiger partial charge is 0.0879 e. The first-order valence-electron chi connectivity index (χ1n) is 4.26. The Morgan fingerprint density at radius 2 is 2.30 bits per heavy atom. The quantitative estimate of drug-likeness (QED) is 0.510. The van der Waals surface area contributed by atoms with Gasteiger partial charge in [-0.2, -0.15) is 0 Å². The van der Waals surface area contributed by atoms with Gasteiger partial charge < -0.3 is 0 Å². The first-order chi connectivity index (χ1) is 4.93. The van der Waals surface area contributed by atoms with Crippen LogP contribution in [-0.4, -0.2) is 0 Å². The van der Waals surface area contributed by atoms with Gasteiger partial charge in [-0.1, -0.05) is 37.1 Å². The van der Waals surface area contributed by atoms with E-state index in [1.165, 1.54) is 25.7 Å². The lowest BCUT2D eigenvalue weighted by molar-refractivity contribution is 0.830. The third-order valence-corrected chi connectivity index (χ3v) is 1.91. The molecule has 0 aliphatic heterocycles. The summed E-state index contributed by atoms with van der Waals surface area (Å²) in [6.45, 7) is 2.25. The average molecular weight is 136 g/mol. The smallest absolute Gasteiger partial charge is 0.0166 e. The van der Waals surface area contributed by atoms with Crippen LogP contribution in [0.3, 0.4) is 0 Å². The second-order valence-electron chi connectivity index (χ2n) is 2.86. The zero-order valence-electron chi connectivity index (χ0n) is 6.77. The highest BCUT2D eigenvalue weighted by Gasteiger charge is 1.96. The van der Waals surface area contributed by atoms with Crippen molar-refractivity contribution in [1.82, 2.24) is 0 Å². The molecule has 0 amide bonds. The normalized spacial score (nSPS) is 18.3. The number of hydrogen-bond donors (Lipinski definition) is 0. The zero-order valence-corrected chi connectivity index (χ0v) is 6.77. The van der Waals surface area contributed by atoms with E-state index in [4.69, 9.17) is 0 Å². The van der Waals surface area contributed by atoms with Crippen LogP contribution in [-0.2, 0) is 0 Å². The maximum Gasteiger partial charge on any atom is -0.0166 e. The second kappa shape index (κ2) is 4.32. The maximum atomic E-state index is 2.38. The predicted octanol–water partition coefficient (Wildman–Crippen LogP) is 3.45. The zero-order chi connectivity index (χ0) is 7.23. The lowest BCUT2D eigenvalue weighted by Crippen LogP contribution is -1.80. The van der Waals surface area contributed by atoms with E-state index < -0.39 is 0 Å².